The lowest BCUT2D eigenvalue weighted by molar-refractivity contribution is 0.241. The Labute approximate surface area is 92.8 Å². The van der Waals surface area contributed by atoms with Crippen molar-refractivity contribution in [1.29, 1.82) is 0 Å². The quantitative estimate of drug-likeness (QED) is 0.549. The number of nitrogens with one attached hydrogen (secondary N) is 1. The minimum Gasteiger partial charge on any atom is -0.405 e. The van der Waals surface area contributed by atoms with E-state index in [0.29, 0.717) is 17.9 Å². The predicted molar refractivity (Wildman–Crippen MR) is 65.8 cm³/mol. The van der Waals surface area contributed by atoms with E-state index in [2.05, 4.69) is 23.3 Å². The number of rotatable bonds is 4. The van der Waals surface area contributed by atoms with Crippen molar-refractivity contribution in [3.63, 3.8) is 0 Å². The molecule has 1 aliphatic carbocycles. The zero-order valence-electron chi connectivity index (χ0n) is 9.82. The average Bonchev–Trinajstić information content (AvgIpc) is 2.27. The Morgan fingerprint density at radius 3 is 2.80 bits per heavy atom. The highest BCUT2D eigenvalue weighted by molar-refractivity contribution is 5.54. The van der Waals surface area contributed by atoms with E-state index in [1.165, 1.54) is 25.7 Å². The Morgan fingerprint density at radius 2 is 2.13 bits per heavy atom. The van der Waals surface area contributed by atoms with Crippen molar-refractivity contribution in [2.24, 2.45) is 22.6 Å². The van der Waals surface area contributed by atoms with Crippen LogP contribution in [0.4, 0.5) is 0 Å². The van der Waals surface area contributed by atoms with Crippen LogP contribution >= 0.6 is 0 Å². The van der Waals surface area contributed by atoms with Crippen LogP contribution in [-0.2, 0) is 0 Å². The molecule has 0 spiro atoms. The minimum absolute atomic E-state index is 0.554. The van der Waals surface area contributed by atoms with Crippen LogP contribution in [0.2, 0.25) is 0 Å². The summed E-state index contributed by atoms with van der Waals surface area (Å²) in [6.45, 7) is 2.25. The third kappa shape index (κ3) is 3.57. The van der Waals surface area contributed by atoms with E-state index in [1.54, 1.807) is 13.2 Å². The fourth-order valence-corrected chi connectivity index (χ4v) is 2.48. The largest absolute Gasteiger partial charge is 0.405 e. The van der Waals surface area contributed by atoms with E-state index in [9.17, 15) is 0 Å². The monoisotopic (exact) mass is 209 g/mol. The van der Waals surface area contributed by atoms with Gasteiger partial charge in [0.25, 0.3) is 0 Å². The molecule has 0 bridgehead atoms. The van der Waals surface area contributed by atoms with E-state index in [1.807, 2.05) is 6.34 Å². The van der Waals surface area contributed by atoms with Crippen LogP contribution in [0, 0.1) is 11.8 Å². The maximum atomic E-state index is 5.45. The molecule has 0 amide bonds. The van der Waals surface area contributed by atoms with E-state index >= 15 is 0 Å². The van der Waals surface area contributed by atoms with Crippen molar-refractivity contribution in [1.82, 2.24) is 5.32 Å². The van der Waals surface area contributed by atoms with Gasteiger partial charge in [-0.15, -0.1) is 0 Å². The first kappa shape index (κ1) is 12.1. The lowest BCUT2D eigenvalue weighted by atomic mass is 9.77. The SMILES string of the molecule is CN=CN[C@@H]1CCCC[C@H]1C(C)/C=C/N. The van der Waals surface area contributed by atoms with Gasteiger partial charge in [-0.1, -0.05) is 25.8 Å². The molecule has 0 aromatic rings. The van der Waals surface area contributed by atoms with E-state index in [4.69, 9.17) is 5.73 Å². The van der Waals surface area contributed by atoms with Gasteiger partial charge in [-0.3, -0.25) is 4.99 Å². The van der Waals surface area contributed by atoms with Gasteiger partial charge in [0.05, 0.1) is 6.34 Å². The molecule has 1 saturated carbocycles. The Hall–Kier alpha value is -0.990. The minimum atomic E-state index is 0.554. The molecule has 0 radical (unpaired) electrons. The second-order valence-corrected chi connectivity index (χ2v) is 4.35. The third-order valence-electron chi connectivity index (χ3n) is 3.33. The molecule has 0 aromatic heterocycles. The van der Waals surface area contributed by atoms with Gasteiger partial charge in [0, 0.05) is 13.1 Å². The zero-order chi connectivity index (χ0) is 11.1. The van der Waals surface area contributed by atoms with Crippen LogP contribution in [0.3, 0.4) is 0 Å². The summed E-state index contributed by atoms with van der Waals surface area (Å²) >= 11 is 0. The van der Waals surface area contributed by atoms with Gasteiger partial charge in [0.15, 0.2) is 0 Å². The Morgan fingerprint density at radius 1 is 1.40 bits per heavy atom. The van der Waals surface area contributed by atoms with E-state index < -0.39 is 0 Å². The van der Waals surface area contributed by atoms with Crippen molar-refractivity contribution < 1.29 is 0 Å². The van der Waals surface area contributed by atoms with Gasteiger partial charge in [-0.05, 0) is 30.9 Å². The number of aliphatic imine (C=N–C) groups is 1. The average molecular weight is 209 g/mol. The third-order valence-corrected chi connectivity index (χ3v) is 3.33. The van der Waals surface area contributed by atoms with Crippen molar-refractivity contribution >= 4 is 6.34 Å². The normalized spacial score (nSPS) is 29.7. The molecule has 1 unspecified atom stereocenters. The summed E-state index contributed by atoms with van der Waals surface area (Å²) in [5.74, 6) is 1.25. The molecule has 1 aliphatic rings. The van der Waals surface area contributed by atoms with Crippen LogP contribution in [-0.4, -0.2) is 19.4 Å². The lowest BCUT2D eigenvalue weighted by Gasteiger charge is -2.34. The molecule has 1 rings (SSSR count). The van der Waals surface area contributed by atoms with Crippen molar-refractivity contribution in [2.45, 2.75) is 38.6 Å². The predicted octanol–water partition coefficient (Wildman–Crippen LogP) is 1.90. The van der Waals surface area contributed by atoms with Gasteiger partial charge in [-0.2, -0.15) is 0 Å². The first-order valence-electron chi connectivity index (χ1n) is 5.84. The molecule has 3 heteroatoms. The summed E-state index contributed by atoms with van der Waals surface area (Å²) in [5.41, 5.74) is 5.45. The topological polar surface area (TPSA) is 50.4 Å². The Kier molecular flexibility index (Phi) is 5.22. The highest BCUT2D eigenvalue weighted by atomic mass is 15.0. The van der Waals surface area contributed by atoms with E-state index in [0.717, 1.165) is 0 Å². The van der Waals surface area contributed by atoms with Gasteiger partial charge in [-0.25, -0.2) is 0 Å². The van der Waals surface area contributed by atoms with Gasteiger partial charge in [0.2, 0.25) is 0 Å². The summed E-state index contributed by atoms with van der Waals surface area (Å²) in [6, 6.07) is 0.564. The highest BCUT2D eigenvalue weighted by Gasteiger charge is 2.27. The summed E-state index contributed by atoms with van der Waals surface area (Å²) < 4.78 is 0. The van der Waals surface area contributed by atoms with Crippen LogP contribution in [0.25, 0.3) is 0 Å². The van der Waals surface area contributed by atoms with Crippen LogP contribution < -0.4 is 11.1 Å². The summed E-state index contributed by atoms with van der Waals surface area (Å²) in [7, 11) is 1.80. The van der Waals surface area contributed by atoms with Gasteiger partial charge in [0.1, 0.15) is 0 Å². The Bertz CT molecular complexity index is 223. The molecular weight excluding hydrogens is 186 g/mol. The van der Waals surface area contributed by atoms with Crippen LogP contribution in [0.1, 0.15) is 32.6 Å². The number of nitrogens with zero attached hydrogens (tertiary/aromatic N) is 1. The summed E-state index contributed by atoms with van der Waals surface area (Å²) in [6.07, 6.45) is 10.8. The number of hydrogen-bond donors (Lipinski definition) is 2. The van der Waals surface area contributed by atoms with Crippen LogP contribution in [0.15, 0.2) is 17.3 Å². The Balaban J connectivity index is 2.56. The van der Waals surface area contributed by atoms with Crippen molar-refractivity contribution in [2.75, 3.05) is 7.05 Å². The zero-order valence-corrected chi connectivity index (χ0v) is 9.82. The second-order valence-electron chi connectivity index (χ2n) is 4.35. The summed E-state index contributed by atoms with van der Waals surface area (Å²) in [5, 5.41) is 3.39. The molecular formula is C12H23N3. The second kappa shape index (κ2) is 6.49. The molecule has 3 atom stereocenters. The van der Waals surface area contributed by atoms with Gasteiger partial charge >= 0.3 is 0 Å². The van der Waals surface area contributed by atoms with Crippen molar-refractivity contribution in [3.05, 3.63) is 12.3 Å². The number of hydrogen-bond acceptors (Lipinski definition) is 2. The fraction of sp³-hybridized carbons (Fsp3) is 0.750. The fourth-order valence-electron chi connectivity index (χ4n) is 2.48. The number of allylic oxidation sites excluding steroid dienone is 1. The van der Waals surface area contributed by atoms with Crippen molar-refractivity contribution in [3.8, 4) is 0 Å². The lowest BCUT2D eigenvalue weighted by Crippen LogP contribution is -2.40. The molecule has 0 saturated heterocycles. The molecule has 0 aliphatic heterocycles. The van der Waals surface area contributed by atoms with Crippen LogP contribution in [0.5, 0.6) is 0 Å². The smallest absolute Gasteiger partial charge is 0.0822 e. The molecule has 86 valence electrons. The van der Waals surface area contributed by atoms with Gasteiger partial charge < -0.3 is 11.1 Å². The molecule has 1 fully saturated rings. The molecule has 0 aromatic carbocycles. The maximum Gasteiger partial charge on any atom is 0.0822 e. The highest BCUT2D eigenvalue weighted by Crippen LogP contribution is 2.30. The molecule has 0 heterocycles. The molecule has 15 heavy (non-hydrogen) atoms. The molecule has 3 N–H and O–H groups in total. The standard InChI is InChI=1S/C12H23N3/c1-10(7-8-13)11-5-3-4-6-12(11)15-9-14-2/h7-12H,3-6,13H2,1-2H3,(H,14,15)/b8-7+/t10?,11-,12+/m0/s1. The van der Waals surface area contributed by atoms with E-state index in [-0.39, 0.29) is 0 Å². The summed E-state index contributed by atoms with van der Waals surface area (Å²) in [4.78, 5) is 3.99. The number of nitrogens with two attached hydrogens (primary N) is 1. The molecule has 3 nitrogen and oxygen atoms in total. The maximum absolute atomic E-state index is 5.45. The first-order valence-corrected chi connectivity index (χ1v) is 5.84. The first-order chi connectivity index (χ1) is 7.29.